The zero-order valence-corrected chi connectivity index (χ0v) is 15.0. The lowest BCUT2D eigenvalue weighted by atomic mass is 9.96. The number of likely N-dealkylation sites (tertiary alicyclic amines) is 1. The van der Waals surface area contributed by atoms with Gasteiger partial charge in [-0.3, -0.25) is 9.69 Å². The molecule has 1 atom stereocenters. The van der Waals surface area contributed by atoms with E-state index >= 15 is 0 Å². The zero-order valence-electron chi connectivity index (χ0n) is 15.0. The summed E-state index contributed by atoms with van der Waals surface area (Å²) < 4.78 is 10.8. The van der Waals surface area contributed by atoms with Crippen LogP contribution in [0, 0.1) is 6.92 Å². The number of aromatic nitrogens is 2. The molecule has 0 spiro atoms. The molecule has 134 valence electrons. The van der Waals surface area contributed by atoms with E-state index in [1.807, 2.05) is 25.1 Å². The first-order valence-corrected chi connectivity index (χ1v) is 8.60. The van der Waals surface area contributed by atoms with E-state index in [1.165, 1.54) is 6.07 Å². The van der Waals surface area contributed by atoms with Gasteiger partial charge in [-0.1, -0.05) is 6.07 Å². The van der Waals surface area contributed by atoms with Crippen LogP contribution in [0.25, 0.3) is 0 Å². The van der Waals surface area contributed by atoms with Crippen LogP contribution in [0.1, 0.15) is 35.8 Å². The predicted octanol–water partition coefficient (Wildman–Crippen LogP) is 2.48. The highest BCUT2D eigenvalue weighted by Gasteiger charge is 2.24. The van der Waals surface area contributed by atoms with Gasteiger partial charge in [-0.2, -0.15) is 0 Å². The van der Waals surface area contributed by atoms with Crippen molar-refractivity contribution in [2.75, 3.05) is 27.3 Å². The van der Waals surface area contributed by atoms with E-state index in [4.69, 9.17) is 9.47 Å². The van der Waals surface area contributed by atoms with E-state index in [9.17, 15) is 4.79 Å². The van der Waals surface area contributed by atoms with Gasteiger partial charge in [0.1, 0.15) is 17.3 Å². The summed E-state index contributed by atoms with van der Waals surface area (Å²) in [4.78, 5) is 21.6. The third kappa shape index (κ3) is 4.20. The molecule has 1 N–H and O–H groups in total. The summed E-state index contributed by atoms with van der Waals surface area (Å²) in [5.74, 6) is 2.68. The van der Waals surface area contributed by atoms with Crippen molar-refractivity contribution in [3.8, 4) is 11.5 Å². The van der Waals surface area contributed by atoms with Crippen LogP contribution in [-0.4, -0.2) is 42.2 Å². The highest BCUT2D eigenvalue weighted by Crippen LogP contribution is 2.29. The summed E-state index contributed by atoms with van der Waals surface area (Å²) >= 11 is 0. The van der Waals surface area contributed by atoms with Gasteiger partial charge in [0.15, 0.2) is 0 Å². The number of ether oxygens (including phenoxy) is 2. The van der Waals surface area contributed by atoms with Crippen LogP contribution in [-0.2, 0) is 6.54 Å². The number of hydrogen-bond donors (Lipinski definition) is 1. The number of benzene rings is 1. The lowest BCUT2D eigenvalue weighted by molar-refractivity contribution is 0.194. The first-order chi connectivity index (χ1) is 12.1. The van der Waals surface area contributed by atoms with Crippen LogP contribution in [0.15, 0.2) is 29.1 Å². The Balaban J connectivity index is 1.75. The smallest absolute Gasteiger partial charge is 0.251 e. The number of aromatic amines is 1. The lowest BCUT2D eigenvalue weighted by Gasteiger charge is -2.32. The molecule has 1 aromatic heterocycles. The summed E-state index contributed by atoms with van der Waals surface area (Å²) in [6.07, 6.45) is 2.13. The Labute approximate surface area is 147 Å². The average Bonchev–Trinajstić information content (AvgIpc) is 2.61. The molecule has 1 aliphatic rings. The van der Waals surface area contributed by atoms with E-state index < -0.39 is 0 Å². The SMILES string of the molecule is COc1ccc(CN2CCC[C@@H](c3nc(C)cc(=O)[nH]3)C2)c(OC)c1. The van der Waals surface area contributed by atoms with Crippen LogP contribution in [0.3, 0.4) is 0 Å². The van der Waals surface area contributed by atoms with E-state index in [0.717, 1.165) is 61.1 Å². The predicted molar refractivity (Wildman–Crippen MR) is 96.4 cm³/mol. The van der Waals surface area contributed by atoms with Gasteiger partial charge in [0, 0.05) is 42.4 Å². The number of aryl methyl sites for hydroxylation is 1. The molecule has 0 amide bonds. The molecule has 0 saturated carbocycles. The maximum Gasteiger partial charge on any atom is 0.251 e. The molecular weight excluding hydrogens is 318 g/mol. The van der Waals surface area contributed by atoms with E-state index in [-0.39, 0.29) is 11.5 Å². The van der Waals surface area contributed by atoms with Crippen molar-refractivity contribution in [1.82, 2.24) is 14.9 Å². The summed E-state index contributed by atoms with van der Waals surface area (Å²) in [6, 6.07) is 7.45. The number of hydrogen-bond acceptors (Lipinski definition) is 5. The number of rotatable bonds is 5. The Hall–Kier alpha value is -2.34. The molecule has 1 saturated heterocycles. The topological polar surface area (TPSA) is 67.5 Å². The molecule has 2 aromatic rings. The van der Waals surface area contributed by atoms with Crippen molar-refractivity contribution in [2.24, 2.45) is 0 Å². The van der Waals surface area contributed by atoms with Gasteiger partial charge in [0.2, 0.25) is 0 Å². The molecule has 1 aliphatic heterocycles. The van der Waals surface area contributed by atoms with Crippen molar-refractivity contribution in [2.45, 2.75) is 32.2 Å². The molecule has 25 heavy (non-hydrogen) atoms. The molecule has 6 heteroatoms. The highest BCUT2D eigenvalue weighted by molar-refractivity contribution is 5.40. The fourth-order valence-corrected chi connectivity index (χ4v) is 3.44. The minimum atomic E-state index is -0.0727. The van der Waals surface area contributed by atoms with E-state index in [0.29, 0.717) is 0 Å². The number of methoxy groups -OCH3 is 2. The van der Waals surface area contributed by atoms with Gasteiger partial charge >= 0.3 is 0 Å². The second kappa shape index (κ2) is 7.70. The molecule has 0 aliphatic carbocycles. The minimum Gasteiger partial charge on any atom is -0.497 e. The number of nitrogens with one attached hydrogen (secondary N) is 1. The molecule has 3 rings (SSSR count). The summed E-state index contributed by atoms with van der Waals surface area (Å²) in [6.45, 7) is 4.57. The summed E-state index contributed by atoms with van der Waals surface area (Å²) in [5, 5.41) is 0. The number of nitrogens with zero attached hydrogens (tertiary/aromatic N) is 2. The van der Waals surface area contributed by atoms with Gasteiger partial charge in [0.25, 0.3) is 5.56 Å². The van der Waals surface area contributed by atoms with Gasteiger partial charge < -0.3 is 14.5 Å². The lowest BCUT2D eigenvalue weighted by Crippen LogP contribution is -2.35. The molecule has 2 heterocycles. The maximum absolute atomic E-state index is 11.7. The molecule has 6 nitrogen and oxygen atoms in total. The third-order valence-electron chi connectivity index (χ3n) is 4.67. The molecule has 0 bridgehead atoms. The van der Waals surface area contributed by atoms with Gasteiger partial charge in [-0.15, -0.1) is 0 Å². The standard InChI is InChI=1S/C19H25N3O3/c1-13-9-18(23)21-19(20-13)15-5-4-8-22(12-15)11-14-6-7-16(24-2)10-17(14)25-3/h6-7,9-10,15H,4-5,8,11-12H2,1-3H3,(H,20,21,23)/t15-/m1/s1. The van der Waals surface area contributed by atoms with E-state index in [2.05, 4.69) is 14.9 Å². The quantitative estimate of drug-likeness (QED) is 0.903. The molecular formula is C19H25N3O3. The first kappa shape index (κ1) is 17.5. The average molecular weight is 343 g/mol. The van der Waals surface area contributed by atoms with Crippen LogP contribution in [0.5, 0.6) is 11.5 Å². The maximum atomic E-state index is 11.7. The van der Waals surface area contributed by atoms with Crippen molar-refractivity contribution < 1.29 is 9.47 Å². The highest BCUT2D eigenvalue weighted by atomic mass is 16.5. The monoisotopic (exact) mass is 343 g/mol. The second-order valence-electron chi connectivity index (χ2n) is 6.52. The third-order valence-corrected chi connectivity index (χ3v) is 4.67. The summed E-state index contributed by atoms with van der Waals surface area (Å²) in [7, 11) is 3.33. The Morgan fingerprint density at radius 3 is 2.84 bits per heavy atom. The van der Waals surface area contributed by atoms with Crippen LogP contribution in [0.2, 0.25) is 0 Å². The Morgan fingerprint density at radius 1 is 1.28 bits per heavy atom. The second-order valence-corrected chi connectivity index (χ2v) is 6.52. The molecule has 1 aromatic carbocycles. The van der Waals surface area contributed by atoms with Crippen molar-refractivity contribution >= 4 is 0 Å². The zero-order chi connectivity index (χ0) is 17.8. The van der Waals surface area contributed by atoms with Crippen molar-refractivity contribution in [1.29, 1.82) is 0 Å². The Kier molecular flexibility index (Phi) is 5.38. The number of piperidine rings is 1. The first-order valence-electron chi connectivity index (χ1n) is 8.60. The molecule has 0 unspecified atom stereocenters. The van der Waals surface area contributed by atoms with Crippen LogP contribution in [0.4, 0.5) is 0 Å². The van der Waals surface area contributed by atoms with Crippen LogP contribution < -0.4 is 15.0 Å². The Bertz CT molecular complexity index is 788. The minimum absolute atomic E-state index is 0.0727. The Morgan fingerprint density at radius 2 is 2.12 bits per heavy atom. The largest absolute Gasteiger partial charge is 0.497 e. The normalized spacial score (nSPS) is 18.1. The molecule has 0 radical (unpaired) electrons. The van der Waals surface area contributed by atoms with Gasteiger partial charge in [-0.05, 0) is 32.4 Å². The fraction of sp³-hybridized carbons (Fsp3) is 0.474. The number of H-pyrrole nitrogens is 1. The van der Waals surface area contributed by atoms with E-state index in [1.54, 1.807) is 14.2 Å². The summed E-state index contributed by atoms with van der Waals surface area (Å²) in [5.41, 5.74) is 1.83. The van der Waals surface area contributed by atoms with Crippen molar-refractivity contribution in [3.05, 3.63) is 51.7 Å². The fourth-order valence-electron chi connectivity index (χ4n) is 3.44. The van der Waals surface area contributed by atoms with Crippen LogP contribution >= 0.6 is 0 Å². The van der Waals surface area contributed by atoms with Gasteiger partial charge in [-0.25, -0.2) is 4.98 Å². The van der Waals surface area contributed by atoms with Gasteiger partial charge in [0.05, 0.1) is 14.2 Å². The molecule has 1 fully saturated rings. The van der Waals surface area contributed by atoms with Crippen molar-refractivity contribution in [3.63, 3.8) is 0 Å².